The van der Waals surface area contributed by atoms with Crippen molar-refractivity contribution in [1.82, 2.24) is 10.3 Å². The van der Waals surface area contributed by atoms with Gasteiger partial charge in [-0.3, -0.25) is 14.9 Å². The lowest BCUT2D eigenvalue weighted by Crippen LogP contribution is -2.37. The predicted octanol–water partition coefficient (Wildman–Crippen LogP) is 4.18. The Morgan fingerprint density at radius 1 is 0.906 bits per heavy atom. The maximum absolute atomic E-state index is 13.2. The van der Waals surface area contributed by atoms with E-state index in [2.05, 4.69) is 15.6 Å². The zero-order valence-corrected chi connectivity index (χ0v) is 17.7. The third kappa shape index (κ3) is 4.13. The van der Waals surface area contributed by atoms with Gasteiger partial charge in [-0.15, -0.1) is 0 Å². The number of rotatable bonds is 5. The Bertz CT molecular complexity index is 1230. The molecule has 8 heteroatoms. The van der Waals surface area contributed by atoms with E-state index in [4.69, 9.17) is 9.47 Å². The van der Waals surface area contributed by atoms with Crippen LogP contribution in [0.1, 0.15) is 22.0 Å². The van der Waals surface area contributed by atoms with Gasteiger partial charge in [0.2, 0.25) is 0 Å². The largest absolute Gasteiger partial charge is 0.486 e. The summed E-state index contributed by atoms with van der Waals surface area (Å²) in [5.41, 5.74) is 1.86. The van der Waals surface area contributed by atoms with E-state index in [9.17, 15) is 9.59 Å². The van der Waals surface area contributed by atoms with Crippen molar-refractivity contribution in [3.05, 3.63) is 83.9 Å². The van der Waals surface area contributed by atoms with Gasteiger partial charge in [-0.1, -0.05) is 59.9 Å². The number of fused-ring (bicyclic) bond motifs is 2. The topological polar surface area (TPSA) is 89.6 Å². The highest BCUT2D eigenvalue weighted by atomic mass is 32.1. The smallest absolute Gasteiger partial charge is 0.253 e. The number of aromatic nitrogens is 1. The minimum atomic E-state index is -0.879. The van der Waals surface area contributed by atoms with Crippen LogP contribution >= 0.6 is 11.3 Å². The fourth-order valence-electron chi connectivity index (χ4n) is 3.45. The summed E-state index contributed by atoms with van der Waals surface area (Å²) < 4.78 is 12.1. The monoisotopic (exact) mass is 445 g/mol. The van der Waals surface area contributed by atoms with Crippen LogP contribution in [0, 0.1) is 0 Å². The molecule has 3 aromatic carbocycles. The van der Waals surface area contributed by atoms with Crippen molar-refractivity contribution in [2.45, 2.75) is 6.04 Å². The molecule has 2 heterocycles. The van der Waals surface area contributed by atoms with Gasteiger partial charge in [0, 0.05) is 17.7 Å². The van der Waals surface area contributed by atoms with Crippen LogP contribution in [0.2, 0.25) is 0 Å². The lowest BCUT2D eigenvalue weighted by atomic mass is 10.1. The van der Waals surface area contributed by atoms with E-state index in [-0.39, 0.29) is 11.8 Å². The zero-order valence-electron chi connectivity index (χ0n) is 16.9. The van der Waals surface area contributed by atoms with E-state index in [0.29, 0.717) is 46.5 Å². The molecule has 0 bridgehead atoms. The van der Waals surface area contributed by atoms with Crippen molar-refractivity contribution >= 4 is 38.5 Å². The lowest BCUT2D eigenvalue weighted by Gasteiger charge is -2.18. The Labute approximate surface area is 188 Å². The second-order valence-electron chi connectivity index (χ2n) is 7.16. The molecular weight excluding hydrogens is 426 g/mol. The first-order valence-corrected chi connectivity index (χ1v) is 10.9. The van der Waals surface area contributed by atoms with Gasteiger partial charge in [0.05, 0.1) is 10.2 Å². The highest BCUT2D eigenvalue weighted by molar-refractivity contribution is 7.22. The Morgan fingerprint density at radius 3 is 2.28 bits per heavy atom. The second kappa shape index (κ2) is 8.68. The van der Waals surface area contributed by atoms with Crippen LogP contribution in [0.3, 0.4) is 0 Å². The minimum Gasteiger partial charge on any atom is -0.486 e. The summed E-state index contributed by atoms with van der Waals surface area (Å²) >= 11 is 1.33. The molecule has 160 valence electrons. The molecule has 0 radical (unpaired) electrons. The summed E-state index contributed by atoms with van der Waals surface area (Å²) in [4.78, 5) is 30.5. The van der Waals surface area contributed by atoms with Gasteiger partial charge in [0.25, 0.3) is 11.8 Å². The first kappa shape index (κ1) is 20.0. The third-order valence-electron chi connectivity index (χ3n) is 4.99. The summed E-state index contributed by atoms with van der Waals surface area (Å²) in [7, 11) is 0. The van der Waals surface area contributed by atoms with Gasteiger partial charge in [-0.2, -0.15) is 0 Å². The molecule has 7 nitrogen and oxygen atoms in total. The van der Waals surface area contributed by atoms with Gasteiger partial charge in [0.15, 0.2) is 16.6 Å². The van der Waals surface area contributed by atoms with Crippen LogP contribution in [-0.4, -0.2) is 30.0 Å². The number of benzene rings is 3. The van der Waals surface area contributed by atoms with E-state index in [1.165, 1.54) is 11.3 Å². The number of hydrogen-bond acceptors (Lipinski definition) is 6. The molecule has 4 aromatic rings. The summed E-state index contributed by atoms with van der Waals surface area (Å²) in [5, 5.41) is 6.12. The van der Waals surface area contributed by atoms with Crippen molar-refractivity contribution in [3.63, 3.8) is 0 Å². The first-order valence-electron chi connectivity index (χ1n) is 10.1. The Morgan fingerprint density at radius 2 is 1.56 bits per heavy atom. The van der Waals surface area contributed by atoms with Gasteiger partial charge in [0.1, 0.15) is 19.3 Å². The molecule has 32 heavy (non-hydrogen) atoms. The number of nitrogens with zero attached hydrogens (tertiary/aromatic N) is 1. The van der Waals surface area contributed by atoms with Gasteiger partial charge in [-0.25, -0.2) is 4.98 Å². The van der Waals surface area contributed by atoms with E-state index in [1.54, 1.807) is 36.4 Å². The van der Waals surface area contributed by atoms with Gasteiger partial charge in [-0.05, 0) is 17.7 Å². The molecular formula is C24H19N3O4S. The highest BCUT2D eigenvalue weighted by Crippen LogP contribution is 2.38. The summed E-state index contributed by atoms with van der Waals surface area (Å²) in [6.45, 7) is 0.993. The molecule has 1 unspecified atom stereocenters. The third-order valence-corrected chi connectivity index (χ3v) is 5.92. The van der Waals surface area contributed by atoms with Crippen molar-refractivity contribution in [2.24, 2.45) is 0 Å². The molecule has 1 aliphatic heterocycles. The van der Waals surface area contributed by atoms with Crippen molar-refractivity contribution < 1.29 is 19.1 Å². The molecule has 0 aliphatic carbocycles. The molecule has 0 saturated heterocycles. The van der Waals surface area contributed by atoms with E-state index in [0.717, 1.165) is 4.70 Å². The normalized spacial score (nSPS) is 13.4. The number of nitrogens with one attached hydrogen (secondary N) is 2. The van der Waals surface area contributed by atoms with Crippen LogP contribution in [0.5, 0.6) is 11.5 Å². The standard InChI is InChI=1S/C24H19N3O4S/c28-22(16-9-5-2-6-10-16)26-21(15-7-3-1-4-8-15)23(29)27-24-25-17-13-18-19(14-20(17)32-24)31-12-11-30-18/h1-10,13-14,21H,11-12H2,(H,26,28)(H,25,27,29). The van der Waals surface area contributed by atoms with E-state index in [1.807, 2.05) is 36.4 Å². The molecule has 1 aromatic heterocycles. The second-order valence-corrected chi connectivity index (χ2v) is 8.19. The molecule has 0 spiro atoms. The Hall–Kier alpha value is -3.91. The molecule has 1 aliphatic rings. The minimum absolute atomic E-state index is 0.333. The highest BCUT2D eigenvalue weighted by Gasteiger charge is 2.25. The van der Waals surface area contributed by atoms with Gasteiger partial charge >= 0.3 is 0 Å². The van der Waals surface area contributed by atoms with Crippen molar-refractivity contribution in [2.75, 3.05) is 18.5 Å². The summed E-state index contributed by atoms with van der Waals surface area (Å²) in [5.74, 6) is 0.601. The van der Waals surface area contributed by atoms with Crippen LogP contribution in [0.15, 0.2) is 72.8 Å². The van der Waals surface area contributed by atoms with Crippen LogP contribution < -0.4 is 20.1 Å². The molecule has 0 saturated carbocycles. The average Bonchev–Trinajstić information content (AvgIpc) is 3.22. The molecule has 1 atom stereocenters. The number of hydrogen-bond donors (Lipinski definition) is 2. The van der Waals surface area contributed by atoms with Crippen LogP contribution in [0.25, 0.3) is 10.2 Å². The SMILES string of the molecule is O=C(NC(C(=O)Nc1nc2cc3c(cc2s1)OCCO3)c1ccccc1)c1ccccc1. The Balaban J connectivity index is 1.40. The number of thiazole rings is 1. The Kier molecular flexibility index (Phi) is 5.43. The fraction of sp³-hybridized carbons (Fsp3) is 0.125. The average molecular weight is 446 g/mol. The maximum Gasteiger partial charge on any atom is 0.253 e. The predicted molar refractivity (Wildman–Crippen MR) is 122 cm³/mol. The number of amides is 2. The molecule has 2 amide bonds. The van der Waals surface area contributed by atoms with Crippen LogP contribution in [-0.2, 0) is 4.79 Å². The molecule has 0 fully saturated rings. The van der Waals surface area contributed by atoms with Gasteiger partial charge < -0.3 is 14.8 Å². The van der Waals surface area contributed by atoms with E-state index >= 15 is 0 Å². The maximum atomic E-state index is 13.2. The number of carbonyl (C=O) groups is 2. The quantitative estimate of drug-likeness (QED) is 0.481. The van der Waals surface area contributed by atoms with Crippen LogP contribution in [0.4, 0.5) is 5.13 Å². The van der Waals surface area contributed by atoms with E-state index < -0.39 is 6.04 Å². The molecule has 2 N–H and O–H groups in total. The summed E-state index contributed by atoms with van der Waals surface area (Å²) in [6.07, 6.45) is 0. The number of anilines is 1. The number of ether oxygens (including phenoxy) is 2. The zero-order chi connectivity index (χ0) is 21.9. The number of carbonyl (C=O) groups excluding carboxylic acids is 2. The first-order chi connectivity index (χ1) is 15.7. The van der Waals surface area contributed by atoms with Crippen molar-refractivity contribution in [1.29, 1.82) is 0 Å². The lowest BCUT2D eigenvalue weighted by molar-refractivity contribution is -0.118. The molecule has 5 rings (SSSR count). The van der Waals surface area contributed by atoms with Crippen molar-refractivity contribution in [3.8, 4) is 11.5 Å². The fourth-order valence-corrected chi connectivity index (χ4v) is 4.32. The summed E-state index contributed by atoms with van der Waals surface area (Å²) in [6, 6.07) is 20.7.